The minimum atomic E-state index is -0.715. The molecule has 2 aromatic heterocycles. The summed E-state index contributed by atoms with van der Waals surface area (Å²) in [5, 5.41) is 2.70. The van der Waals surface area contributed by atoms with E-state index in [0.29, 0.717) is 17.1 Å². The Bertz CT molecular complexity index is 977. The molecule has 3 aromatic rings. The molecule has 0 aliphatic heterocycles. The molecule has 137 valence electrons. The van der Waals surface area contributed by atoms with E-state index < -0.39 is 11.8 Å². The van der Waals surface area contributed by atoms with E-state index in [2.05, 4.69) is 15.3 Å². The van der Waals surface area contributed by atoms with Gasteiger partial charge in [0.1, 0.15) is 11.7 Å². The number of imidazole rings is 1. The second-order valence-corrected chi connectivity index (χ2v) is 5.76. The molecule has 1 aromatic carbocycles. The number of nitrogens with two attached hydrogens (primary N) is 1. The van der Waals surface area contributed by atoms with Crippen LogP contribution in [0.1, 0.15) is 22.1 Å². The first-order chi connectivity index (χ1) is 13.1. The van der Waals surface area contributed by atoms with Crippen molar-refractivity contribution in [2.45, 2.75) is 5.92 Å². The molecule has 0 saturated carbocycles. The van der Waals surface area contributed by atoms with Gasteiger partial charge in [-0.2, -0.15) is 0 Å². The summed E-state index contributed by atoms with van der Waals surface area (Å²) in [4.78, 5) is 42.5. The third kappa shape index (κ3) is 4.30. The first kappa shape index (κ1) is 18.1. The van der Waals surface area contributed by atoms with Crippen molar-refractivity contribution in [2.75, 3.05) is 6.54 Å². The molecule has 4 N–H and O–H groups in total. The van der Waals surface area contributed by atoms with Crippen molar-refractivity contribution in [1.29, 1.82) is 0 Å². The van der Waals surface area contributed by atoms with Gasteiger partial charge in [-0.25, -0.2) is 4.98 Å². The van der Waals surface area contributed by atoms with Gasteiger partial charge in [-0.1, -0.05) is 6.07 Å². The van der Waals surface area contributed by atoms with Crippen LogP contribution in [0.3, 0.4) is 0 Å². The number of aromatic amines is 1. The van der Waals surface area contributed by atoms with E-state index >= 15 is 0 Å². The van der Waals surface area contributed by atoms with E-state index in [1.54, 1.807) is 55.2 Å². The Morgan fingerprint density at radius 3 is 2.63 bits per heavy atom. The van der Waals surface area contributed by atoms with Crippen LogP contribution in [0.15, 0.2) is 65.8 Å². The molecule has 1 radical (unpaired) electrons. The smallest absolute Gasteiger partial charge is 0.255 e. The number of aromatic nitrogens is 3. The zero-order valence-corrected chi connectivity index (χ0v) is 14.3. The summed E-state index contributed by atoms with van der Waals surface area (Å²) in [5.41, 5.74) is 6.31. The summed E-state index contributed by atoms with van der Waals surface area (Å²) in [6.45, 7) is 0.146. The van der Waals surface area contributed by atoms with Crippen molar-refractivity contribution in [3.05, 3.63) is 89.2 Å². The molecule has 1 unspecified atom stereocenters. The molecular weight excluding hydrogens is 346 g/mol. The third-order valence-electron chi connectivity index (χ3n) is 3.97. The molecule has 1 atom stereocenters. The van der Waals surface area contributed by atoms with Gasteiger partial charge in [-0.15, -0.1) is 0 Å². The first-order valence-corrected chi connectivity index (χ1v) is 8.24. The molecule has 2 amide bonds. The number of primary amides is 1. The van der Waals surface area contributed by atoms with Crippen LogP contribution in [0.2, 0.25) is 0 Å². The van der Waals surface area contributed by atoms with Gasteiger partial charge in [0.05, 0.1) is 0 Å². The standard InChI is InChI=1S/C19H18N5O3/c20-17(26)15(18-21-10-11-22-18)8-9-23-19(27)13-4-6-14(7-5-13)24-12-2-1-3-16(24)25/h1-8,10-12,15H,9H2,(H2,20,26)(H,21,22)(H,23,27). The highest BCUT2D eigenvalue weighted by Crippen LogP contribution is 2.13. The Hall–Kier alpha value is -3.68. The monoisotopic (exact) mass is 364 g/mol. The molecule has 0 bridgehead atoms. The number of amides is 2. The predicted molar refractivity (Wildman–Crippen MR) is 99.2 cm³/mol. The van der Waals surface area contributed by atoms with Crippen LogP contribution in [0, 0.1) is 6.42 Å². The molecule has 27 heavy (non-hydrogen) atoms. The van der Waals surface area contributed by atoms with Crippen molar-refractivity contribution >= 4 is 11.8 Å². The van der Waals surface area contributed by atoms with Gasteiger partial charge in [0.2, 0.25) is 5.91 Å². The molecule has 0 saturated heterocycles. The third-order valence-corrected chi connectivity index (χ3v) is 3.97. The fourth-order valence-corrected chi connectivity index (χ4v) is 2.60. The average Bonchev–Trinajstić information content (AvgIpc) is 3.19. The van der Waals surface area contributed by atoms with Gasteiger partial charge >= 0.3 is 0 Å². The number of hydrogen-bond acceptors (Lipinski definition) is 4. The second kappa shape index (κ2) is 8.13. The summed E-state index contributed by atoms with van der Waals surface area (Å²) in [5.74, 6) is -1.15. The van der Waals surface area contributed by atoms with E-state index in [4.69, 9.17) is 5.73 Å². The van der Waals surface area contributed by atoms with E-state index in [0.717, 1.165) is 0 Å². The van der Waals surface area contributed by atoms with Crippen LogP contribution in [0.4, 0.5) is 0 Å². The quantitative estimate of drug-likeness (QED) is 0.573. The number of nitrogens with one attached hydrogen (secondary N) is 2. The lowest BCUT2D eigenvalue weighted by atomic mass is 10.0. The van der Waals surface area contributed by atoms with Crippen molar-refractivity contribution < 1.29 is 9.59 Å². The zero-order valence-electron chi connectivity index (χ0n) is 14.3. The molecule has 0 spiro atoms. The summed E-state index contributed by atoms with van der Waals surface area (Å²) in [6.07, 6.45) is 6.36. The Kier molecular flexibility index (Phi) is 5.46. The highest BCUT2D eigenvalue weighted by atomic mass is 16.2. The lowest BCUT2D eigenvalue weighted by molar-refractivity contribution is -0.118. The van der Waals surface area contributed by atoms with Crippen LogP contribution in [-0.4, -0.2) is 32.9 Å². The number of carbonyl (C=O) groups excluding carboxylic acids is 2. The fourth-order valence-electron chi connectivity index (χ4n) is 2.60. The van der Waals surface area contributed by atoms with Crippen molar-refractivity contribution in [1.82, 2.24) is 19.9 Å². The van der Waals surface area contributed by atoms with Crippen LogP contribution in [-0.2, 0) is 4.79 Å². The maximum absolute atomic E-state index is 12.3. The van der Waals surface area contributed by atoms with Gasteiger partial charge in [0.25, 0.3) is 11.5 Å². The molecule has 2 heterocycles. The highest BCUT2D eigenvalue weighted by molar-refractivity contribution is 5.94. The van der Waals surface area contributed by atoms with Gasteiger partial charge in [0.15, 0.2) is 0 Å². The Morgan fingerprint density at radius 1 is 1.22 bits per heavy atom. The number of rotatable bonds is 7. The Morgan fingerprint density at radius 2 is 2.00 bits per heavy atom. The van der Waals surface area contributed by atoms with E-state index in [1.165, 1.54) is 16.8 Å². The van der Waals surface area contributed by atoms with Crippen molar-refractivity contribution in [3.63, 3.8) is 0 Å². The lowest BCUT2D eigenvalue weighted by Gasteiger charge is -2.11. The minimum absolute atomic E-state index is 0.146. The molecule has 8 heteroatoms. The van der Waals surface area contributed by atoms with E-state index in [1.807, 2.05) is 0 Å². The summed E-state index contributed by atoms with van der Waals surface area (Å²) in [6, 6.07) is 11.5. The van der Waals surface area contributed by atoms with Gasteiger partial charge in [-0.3, -0.25) is 19.0 Å². The number of benzene rings is 1. The van der Waals surface area contributed by atoms with Gasteiger partial charge in [-0.05, 0) is 30.3 Å². The van der Waals surface area contributed by atoms with Crippen LogP contribution >= 0.6 is 0 Å². The average molecular weight is 364 g/mol. The number of nitrogens with zero attached hydrogens (tertiary/aromatic N) is 2. The van der Waals surface area contributed by atoms with Crippen LogP contribution in [0.25, 0.3) is 5.69 Å². The largest absolute Gasteiger partial charge is 0.369 e. The summed E-state index contributed by atoms with van der Waals surface area (Å²) >= 11 is 0. The predicted octanol–water partition coefficient (Wildman–Crippen LogP) is 0.764. The van der Waals surface area contributed by atoms with Gasteiger partial charge in [0, 0.05) is 48.9 Å². The van der Waals surface area contributed by atoms with E-state index in [-0.39, 0.29) is 18.0 Å². The molecule has 0 aliphatic rings. The topological polar surface area (TPSA) is 123 Å². The Labute approximate surface area is 155 Å². The molecule has 0 aliphatic carbocycles. The molecule has 3 rings (SSSR count). The van der Waals surface area contributed by atoms with Crippen LogP contribution < -0.4 is 16.6 Å². The molecule has 0 fully saturated rings. The summed E-state index contributed by atoms with van der Waals surface area (Å²) < 4.78 is 1.48. The van der Waals surface area contributed by atoms with Crippen molar-refractivity contribution in [3.8, 4) is 5.69 Å². The SMILES string of the molecule is NC(=O)C([CH]CNC(=O)c1ccc(-n2ccccc2=O)cc1)c1ncc[nH]1. The number of pyridine rings is 1. The number of H-pyrrole nitrogens is 1. The number of hydrogen-bond donors (Lipinski definition) is 3. The van der Waals surface area contributed by atoms with E-state index in [9.17, 15) is 14.4 Å². The first-order valence-electron chi connectivity index (χ1n) is 8.24. The normalized spacial score (nSPS) is 11.7. The number of carbonyl (C=O) groups is 2. The zero-order chi connectivity index (χ0) is 19.2. The van der Waals surface area contributed by atoms with Crippen molar-refractivity contribution in [2.24, 2.45) is 5.73 Å². The molecule has 8 nitrogen and oxygen atoms in total. The minimum Gasteiger partial charge on any atom is -0.369 e. The van der Waals surface area contributed by atoms with Crippen LogP contribution in [0.5, 0.6) is 0 Å². The fraction of sp³-hybridized carbons (Fsp3) is 0.105. The summed E-state index contributed by atoms with van der Waals surface area (Å²) in [7, 11) is 0. The maximum Gasteiger partial charge on any atom is 0.255 e. The second-order valence-electron chi connectivity index (χ2n) is 5.76. The lowest BCUT2D eigenvalue weighted by Crippen LogP contribution is -2.30. The molecular formula is C19H18N5O3. The maximum atomic E-state index is 12.3. The Balaban J connectivity index is 1.61. The van der Waals surface area contributed by atoms with Gasteiger partial charge < -0.3 is 16.0 Å². The highest BCUT2D eigenvalue weighted by Gasteiger charge is 2.20.